The maximum atomic E-state index is 11.6. The number of aromatic nitrogens is 3. The van der Waals surface area contributed by atoms with Gasteiger partial charge < -0.3 is 4.74 Å². The van der Waals surface area contributed by atoms with Gasteiger partial charge >= 0.3 is 5.97 Å². The highest BCUT2D eigenvalue weighted by molar-refractivity contribution is 9.10. The maximum absolute atomic E-state index is 11.6. The van der Waals surface area contributed by atoms with Gasteiger partial charge in [-0.2, -0.15) is 9.78 Å². The van der Waals surface area contributed by atoms with E-state index in [1.54, 1.807) is 34.8 Å². The zero-order valence-corrected chi connectivity index (χ0v) is 18.8. The van der Waals surface area contributed by atoms with Crippen molar-refractivity contribution in [3.05, 3.63) is 75.5 Å². The Balaban J connectivity index is 1.79. The normalized spacial score (nSPS) is 11.3. The van der Waals surface area contributed by atoms with Crippen LogP contribution in [0.15, 0.2) is 63.3 Å². The third-order valence-corrected chi connectivity index (χ3v) is 5.61. The molecule has 0 saturated heterocycles. The van der Waals surface area contributed by atoms with Crippen LogP contribution < -0.4 is 0 Å². The number of carbonyl (C=O) groups is 1. The molecule has 1 aromatic heterocycles. The lowest BCUT2D eigenvalue weighted by Gasteiger charge is -2.07. The van der Waals surface area contributed by atoms with Gasteiger partial charge in [0, 0.05) is 16.1 Å². The summed E-state index contributed by atoms with van der Waals surface area (Å²) in [5.74, 6) is 1.39. The zero-order chi connectivity index (χ0) is 20.8. The molecule has 3 rings (SSSR count). The van der Waals surface area contributed by atoms with Crippen molar-refractivity contribution in [1.82, 2.24) is 14.9 Å². The minimum Gasteiger partial charge on any atom is -0.465 e. The van der Waals surface area contributed by atoms with Crippen molar-refractivity contribution in [2.75, 3.05) is 7.11 Å². The van der Waals surface area contributed by atoms with E-state index < -0.39 is 0 Å². The minimum absolute atomic E-state index is 0.184. The van der Waals surface area contributed by atoms with Crippen molar-refractivity contribution in [2.45, 2.75) is 30.7 Å². The van der Waals surface area contributed by atoms with E-state index >= 15 is 0 Å². The number of rotatable bonds is 7. The van der Waals surface area contributed by atoms with Crippen LogP contribution >= 0.6 is 27.7 Å². The molecule has 0 atom stereocenters. The molecule has 6 nitrogen and oxygen atoms in total. The molecule has 0 N–H and O–H groups in total. The first-order valence-corrected chi connectivity index (χ1v) is 10.8. The van der Waals surface area contributed by atoms with Crippen LogP contribution in [0.5, 0.6) is 0 Å². The molecule has 29 heavy (non-hydrogen) atoms. The summed E-state index contributed by atoms with van der Waals surface area (Å²) in [4.78, 5) is 11.6. The number of halogens is 1. The molecule has 0 radical (unpaired) electrons. The predicted molar refractivity (Wildman–Crippen MR) is 119 cm³/mol. The summed E-state index contributed by atoms with van der Waals surface area (Å²) in [5, 5.41) is 14.0. The lowest BCUT2D eigenvalue weighted by molar-refractivity contribution is 0.0600. The molecule has 0 amide bonds. The largest absolute Gasteiger partial charge is 0.465 e. The smallest absolute Gasteiger partial charge is 0.337 e. The predicted octanol–water partition coefficient (Wildman–Crippen LogP) is 5.13. The van der Waals surface area contributed by atoms with E-state index in [2.05, 4.69) is 57.2 Å². The number of methoxy groups -OCH3 is 1. The molecule has 0 saturated carbocycles. The molecule has 3 aromatic rings. The summed E-state index contributed by atoms with van der Waals surface area (Å²) in [6.45, 7) is 4.12. The second kappa shape index (κ2) is 9.84. The molecule has 0 spiro atoms. The fourth-order valence-corrected chi connectivity index (χ4v) is 3.63. The molecule has 0 unspecified atom stereocenters. The van der Waals surface area contributed by atoms with Gasteiger partial charge in [0.15, 0.2) is 5.82 Å². The summed E-state index contributed by atoms with van der Waals surface area (Å²) in [7, 11) is 1.37. The molecule has 0 fully saturated rings. The van der Waals surface area contributed by atoms with E-state index in [0.29, 0.717) is 5.56 Å². The lowest BCUT2D eigenvalue weighted by Crippen LogP contribution is -2.03. The molecule has 0 aliphatic rings. The van der Waals surface area contributed by atoms with E-state index in [9.17, 15) is 4.79 Å². The number of hydrogen-bond acceptors (Lipinski definition) is 6. The standard InChI is InChI=1S/C21H21BrN4O2S/c1-14(2)19-24-25-21(29-13-16-6-10-18(22)11-7-16)26(19)23-12-15-4-8-17(9-5-15)20(27)28-3/h4-12,14H,13H2,1-3H3/b23-12+. The van der Waals surface area contributed by atoms with Crippen LogP contribution in [0.1, 0.15) is 47.1 Å². The van der Waals surface area contributed by atoms with Crippen molar-refractivity contribution < 1.29 is 9.53 Å². The van der Waals surface area contributed by atoms with Crippen LogP contribution in [0.4, 0.5) is 0 Å². The Kier molecular flexibility index (Phi) is 7.22. The van der Waals surface area contributed by atoms with E-state index in [-0.39, 0.29) is 11.9 Å². The van der Waals surface area contributed by atoms with Crippen LogP contribution in [0, 0.1) is 0 Å². The molecular weight excluding hydrogens is 452 g/mol. The molecule has 1 heterocycles. The second-order valence-corrected chi connectivity index (χ2v) is 8.44. The SMILES string of the molecule is COC(=O)c1ccc(/C=N/n2c(SCc3ccc(Br)cc3)nnc2C(C)C)cc1. The molecule has 0 aliphatic carbocycles. The number of carbonyl (C=O) groups excluding carboxylic acids is 1. The highest BCUT2D eigenvalue weighted by atomic mass is 79.9. The highest BCUT2D eigenvalue weighted by Gasteiger charge is 2.15. The molecular formula is C21H21BrN4O2S. The molecule has 0 aliphatic heterocycles. The Bertz CT molecular complexity index is 999. The van der Waals surface area contributed by atoms with E-state index in [1.807, 2.05) is 24.3 Å². The second-order valence-electron chi connectivity index (χ2n) is 6.58. The van der Waals surface area contributed by atoms with Gasteiger partial charge in [-0.1, -0.05) is 65.8 Å². The van der Waals surface area contributed by atoms with E-state index in [0.717, 1.165) is 26.8 Å². The quantitative estimate of drug-likeness (QED) is 0.271. The van der Waals surface area contributed by atoms with Gasteiger partial charge in [0.1, 0.15) is 0 Å². The zero-order valence-electron chi connectivity index (χ0n) is 16.4. The number of thioether (sulfide) groups is 1. The van der Waals surface area contributed by atoms with Crippen LogP contribution in [-0.4, -0.2) is 34.2 Å². The van der Waals surface area contributed by atoms with Crippen LogP contribution in [0.2, 0.25) is 0 Å². The summed E-state index contributed by atoms with van der Waals surface area (Å²) < 4.78 is 7.56. The highest BCUT2D eigenvalue weighted by Crippen LogP contribution is 2.25. The summed E-state index contributed by atoms with van der Waals surface area (Å²) in [6, 6.07) is 15.3. The lowest BCUT2D eigenvalue weighted by atomic mass is 10.1. The Morgan fingerprint density at radius 1 is 1.17 bits per heavy atom. The Morgan fingerprint density at radius 3 is 2.48 bits per heavy atom. The average molecular weight is 473 g/mol. The van der Waals surface area contributed by atoms with Gasteiger partial charge in [0.25, 0.3) is 0 Å². The Hall–Kier alpha value is -2.45. The van der Waals surface area contributed by atoms with E-state index in [1.165, 1.54) is 12.7 Å². The van der Waals surface area contributed by atoms with Gasteiger partial charge in [-0.05, 0) is 35.4 Å². The van der Waals surface area contributed by atoms with Gasteiger partial charge in [0.05, 0.1) is 18.9 Å². The number of esters is 1. The Morgan fingerprint density at radius 2 is 1.86 bits per heavy atom. The summed E-state index contributed by atoms with van der Waals surface area (Å²) in [5.41, 5.74) is 2.56. The van der Waals surface area contributed by atoms with Crippen LogP contribution in [-0.2, 0) is 10.5 Å². The maximum Gasteiger partial charge on any atom is 0.337 e. The van der Waals surface area contributed by atoms with Crippen molar-refractivity contribution >= 4 is 39.9 Å². The van der Waals surface area contributed by atoms with Crippen LogP contribution in [0.25, 0.3) is 0 Å². The first kappa shape index (κ1) is 21.3. The summed E-state index contributed by atoms with van der Waals surface area (Å²) >= 11 is 5.04. The molecule has 150 valence electrons. The molecule has 8 heteroatoms. The fourth-order valence-electron chi connectivity index (χ4n) is 2.51. The first-order valence-electron chi connectivity index (χ1n) is 9.03. The van der Waals surface area contributed by atoms with Gasteiger partial charge in [-0.3, -0.25) is 0 Å². The number of hydrogen-bond donors (Lipinski definition) is 0. The average Bonchev–Trinajstić information content (AvgIpc) is 3.14. The third-order valence-electron chi connectivity index (χ3n) is 4.09. The topological polar surface area (TPSA) is 69.4 Å². The van der Waals surface area contributed by atoms with Gasteiger partial charge in [0.2, 0.25) is 5.16 Å². The van der Waals surface area contributed by atoms with Gasteiger partial charge in [-0.25, -0.2) is 4.79 Å². The van der Waals surface area contributed by atoms with Crippen LogP contribution in [0.3, 0.4) is 0 Å². The number of ether oxygens (including phenoxy) is 1. The molecule has 0 bridgehead atoms. The first-order chi connectivity index (χ1) is 14.0. The van der Waals surface area contributed by atoms with Gasteiger partial charge in [-0.15, -0.1) is 10.2 Å². The van der Waals surface area contributed by atoms with Crippen molar-refractivity contribution in [3.63, 3.8) is 0 Å². The number of benzene rings is 2. The summed E-state index contributed by atoms with van der Waals surface area (Å²) in [6.07, 6.45) is 1.74. The van der Waals surface area contributed by atoms with Crippen molar-refractivity contribution in [1.29, 1.82) is 0 Å². The van der Waals surface area contributed by atoms with Crippen molar-refractivity contribution in [3.8, 4) is 0 Å². The monoisotopic (exact) mass is 472 g/mol. The minimum atomic E-state index is -0.360. The van der Waals surface area contributed by atoms with E-state index in [4.69, 9.17) is 4.74 Å². The van der Waals surface area contributed by atoms with Crippen molar-refractivity contribution in [2.24, 2.45) is 5.10 Å². The number of nitrogens with zero attached hydrogens (tertiary/aromatic N) is 4. The third kappa shape index (κ3) is 5.55. The molecule has 2 aromatic carbocycles. The fraction of sp³-hybridized carbons (Fsp3) is 0.238. The Labute approximate surface area is 182 Å².